The van der Waals surface area contributed by atoms with Crippen molar-refractivity contribution in [3.8, 4) is 5.69 Å². The van der Waals surface area contributed by atoms with Crippen LogP contribution in [0, 0.1) is 0 Å². The molecule has 3 heterocycles. The van der Waals surface area contributed by atoms with Gasteiger partial charge in [0.25, 0.3) is 0 Å². The van der Waals surface area contributed by atoms with Crippen molar-refractivity contribution in [2.75, 3.05) is 13.2 Å². The monoisotopic (exact) mass is 276 g/mol. The number of carbonyl (C=O) groups is 1. The van der Waals surface area contributed by atoms with Crippen molar-refractivity contribution in [1.82, 2.24) is 19.6 Å². The fraction of sp³-hybridized carbons (Fsp3) is 0.333. The van der Waals surface area contributed by atoms with Crippen LogP contribution < -0.4 is 5.43 Å². The average molecular weight is 276 g/mol. The molecule has 1 N–H and O–H groups in total. The summed E-state index contributed by atoms with van der Waals surface area (Å²) in [5.41, 5.74) is -0.533. The molecule has 3 rings (SSSR count). The lowest BCUT2D eigenvalue weighted by atomic mass is 10.3. The number of rotatable bonds is 3. The van der Waals surface area contributed by atoms with Crippen LogP contribution in [0.15, 0.2) is 29.5 Å². The van der Waals surface area contributed by atoms with Crippen LogP contribution in [0.1, 0.15) is 23.0 Å². The fourth-order valence-corrected chi connectivity index (χ4v) is 2.08. The van der Waals surface area contributed by atoms with Crippen molar-refractivity contribution in [2.45, 2.75) is 12.5 Å². The first-order chi connectivity index (χ1) is 9.65. The van der Waals surface area contributed by atoms with Crippen molar-refractivity contribution < 1.29 is 14.6 Å². The standard InChI is InChI=1S/C12H12N4O4/c17-10-1-3-15(14-11(10)12(18)19)9-5-13-16(6-9)8-2-4-20-7-8/h1,3,5-6,8H,2,4,7H2,(H,18,19). The van der Waals surface area contributed by atoms with Crippen LogP contribution in [-0.4, -0.2) is 43.9 Å². The smallest absolute Gasteiger partial charge is 0.360 e. The van der Waals surface area contributed by atoms with Gasteiger partial charge in [-0.3, -0.25) is 9.48 Å². The number of hydrogen-bond acceptors (Lipinski definition) is 5. The van der Waals surface area contributed by atoms with Crippen LogP contribution in [-0.2, 0) is 4.74 Å². The lowest BCUT2D eigenvalue weighted by Crippen LogP contribution is -2.20. The highest BCUT2D eigenvalue weighted by Gasteiger charge is 2.19. The average Bonchev–Trinajstić information content (AvgIpc) is 3.09. The van der Waals surface area contributed by atoms with E-state index in [1.807, 2.05) is 0 Å². The summed E-state index contributed by atoms with van der Waals surface area (Å²) in [6.45, 7) is 1.32. The molecule has 2 aromatic heterocycles. The highest BCUT2D eigenvalue weighted by Crippen LogP contribution is 2.18. The first-order valence-corrected chi connectivity index (χ1v) is 6.11. The van der Waals surface area contributed by atoms with Gasteiger partial charge < -0.3 is 9.84 Å². The molecule has 0 spiro atoms. The van der Waals surface area contributed by atoms with Crippen molar-refractivity contribution in [3.05, 3.63) is 40.6 Å². The zero-order valence-corrected chi connectivity index (χ0v) is 10.5. The lowest BCUT2D eigenvalue weighted by Gasteiger charge is -2.07. The summed E-state index contributed by atoms with van der Waals surface area (Å²) in [5.74, 6) is -1.35. The number of nitrogens with zero attached hydrogens (tertiary/aromatic N) is 4. The van der Waals surface area contributed by atoms with Gasteiger partial charge in [-0.05, 0) is 6.42 Å². The lowest BCUT2D eigenvalue weighted by molar-refractivity contribution is 0.0687. The van der Waals surface area contributed by atoms with Gasteiger partial charge in [0.15, 0.2) is 0 Å². The Morgan fingerprint density at radius 1 is 1.50 bits per heavy atom. The number of hydrogen-bond donors (Lipinski definition) is 1. The quantitative estimate of drug-likeness (QED) is 0.852. The van der Waals surface area contributed by atoms with E-state index in [1.54, 1.807) is 17.1 Å². The van der Waals surface area contributed by atoms with Gasteiger partial charge in [-0.1, -0.05) is 0 Å². The Kier molecular flexibility index (Phi) is 3.07. The van der Waals surface area contributed by atoms with Gasteiger partial charge >= 0.3 is 5.97 Å². The van der Waals surface area contributed by atoms with Crippen LogP contribution in [0.5, 0.6) is 0 Å². The molecule has 1 fully saturated rings. The van der Waals surface area contributed by atoms with E-state index in [0.717, 1.165) is 6.42 Å². The number of ether oxygens (including phenoxy) is 1. The molecule has 0 bridgehead atoms. The molecule has 1 atom stereocenters. The van der Waals surface area contributed by atoms with Gasteiger partial charge in [-0.25, -0.2) is 9.48 Å². The summed E-state index contributed by atoms with van der Waals surface area (Å²) in [4.78, 5) is 22.3. The molecule has 0 aliphatic carbocycles. The van der Waals surface area contributed by atoms with Crippen LogP contribution in [0.25, 0.3) is 5.69 Å². The summed E-state index contributed by atoms with van der Waals surface area (Å²) < 4.78 is 8.38. The Hall–Kier alpha value is -2.48. The number of carboxylic acid groups (broad SMARTS) is 1. The Labute approximate surface area is 113 Å². The van der Waals surface area contributed by atoms with Gasteiger partial charge in [-0.2, -0.15) is 10.2 Å². The van der Waals surface area contributed by atoms with E-state index in [0.29, 0.717) is 18.9 Å². The van der Waals surface area contributed by atoms with E-state index in [9.17, 15) is 9.59 Å². The third kappa shape index (κ3) is 2.21. The second-order valence-corrected chi connectivity index (χ2v) is 4.47. The maximum absolute atomic E-state index is 11.4. The van der Waals surface area contributed by atoms with Crippen molar-refractivity contribution in [1.29, 1.82) is 0 Å². The van der Waals surface area contributed by atoms with Gasteiger partial charge in [0.1, 0.15) is 5.69 Å². The predicted molar refractivity (Wildman–Crippen MR) is 67.1 cm³/mol. The molecule has 8 nitrogen and oxygen atoms in total. The maximum atomic E-state index is 11.4. The minimum atomic E-state index is -1.35. The molecular formula is C12H12N4O4. The van der Waals surface area contributed by atoms with E-state index in [-0.39, 0.29) is 6.04 Å². The minimum absolute atomic E-state index is 0.182. The Bertz CT molecular complexity index is 699. The summed E-state index contributed by atoms with van der Waals surface area (Å²) in [7, 11) is 0. The molecule has 1 aliphatic heterocycles. The molecule has 2 aromatic rings. The van der Waals surface area contributed by atoms with Gasteiger partial charge in [-0.15, -0.1) is 0 Å². The molecule has 104 valence electrons. The van der Waals surface area contributed by atoms with Crippen LogP contribution in [0.4, 0.5) is 0 Å². The molecule has 1 unspecified atom stereocenters. The normalized spacial score (nSPS) is 18.3. The number of carboxylic acids is 1. The van der Waals surface area contributed by atoms with E-state index >= 15 is 0 Å². The summed E-state index contributed by atoms with van der Waals surface area (Å²) in [5, 5.41) is 16.9. The Balaban J connectivity index is 1.95. The predicted octanol–water partition coefficient (Wildman–Crippen LogP) is 0.0886. The van der Waals surface area contributed by atoms with Gasteiger partial charge in [0.2, 0.25) is 11.1 Å². The van der Waals surface area contributed by atoms with E-state index in [2.05, 4.69) is 10.2 Å². The second kappa shape index (κ2) is 4.89. The zero-order chi connectivity index (χ0) is 14.1. The first kappa shape index (κ1) is 12.5. The Morgan fingerprint density at radius 2 is 2.35 bits per heavy atom. The second-order valence-electron chi connectivity index (χ2n) is 4.47. The summed E-state index contributed by atoms with van der Waals surface area (Å²) >= 11 is 0. The summed E-state index contributed by atoms with van der Waals surface area (Å²) in [6.07, 6.45) is 5.63. The van der Waals surface area contributed by atoms with E-state index < -0.39 is 17.1 Å². The highest BCUT2D eigenvalue weighted by atomic mass is 16.5. The highest BCUT2D eigenvalue weighted by molar-refractivity contribution is 5.84. The van der Waals surface area contributed by atoms with Gasteiger partial charge in [0, 0.05) is 18.9 Å². The molecule has 8 heteroatoms. The third-order valence-electron chi connectivity index (χ3n) is 3.14. The van der Waals surface area contributed by atoms with Crippen molar-refractivity contribution in [3.63, 3.8) is 0 Å². The van der Waals surface area contributed by atoms with Crippen LogP contribution in [0.3, 0.4) is 0 Å². The topological polar surface area (TPSA) is 99.2 Å². The van der Waals surface area contributed by atoms with Crippen molar-refractivity contribution in [2.24, 2.45) is 0 Å². The molecule has 20 heavy (non-hydrogen) atoms. The van der Waals surface area contributed by atoms with Crippen molar-refractivity contribution >= 4 is 5.97 Å². The molecule has 1 saturated heterocycles. The molecule has 1 aliphatic rings. The van der Waals surface area contributed by atoms with E-state index in [4.69, 9.17) is 9.84 Å². The molecule has 0 amide bonds. The number of aromatic carboxylic acids is 1. The third-order valence-corrected chi connectivity index (χ3v) is 3.14. The van der Waals surface area contributed by atoms with Crippen LogP contribution in [0.2, 0.25) is 0 Å². The summed E-state index contributed by atoms with van der Waals surface area (Å²) in [6, 6.07) is 1.36. The minimum Gasteiger partial charge on any atom is -0.476 e. The number of aromatic nitrogens is 4. The fourth-order valence-electron chi connectivity index (χ4n) is 2.08. The maximum Gasteiger partial charge on any atom is 0.360 e. The largest absolute Gasteiger partial charge is 0.476 e. The molecule has 0 radical (unpaired) electrons. The Morgan fingerprint density at radius 3 is 3.05 bits per heavy atom. The zero-order valence-electron chi connectivity index (χ0n) is 10.5. The molecular weight excluding hydrogens is 264 g/mol. The molecule has 0 aromatic carbocycles. The SMILES string of the molecule is O=C(O)c1nn(-c2cnn(C3CCOC3)c2)ccc1=O. The van der Waals surface area contributed by atoms with Crippen LogP contribution >= 0.6 is 0 Å². The molecule has 0 saturated carbocycles. The first-order valence-electron chi connectivity index (χ1n) is 6.11. The van der Waals surface area contributed by atoms with E-state index in [1.165, 1.54) is 16.9 Å². The van der Waals surface area contributed by atoms with Gasteiger partial charge in [0.05, 0.1) is 25.0 Å².